The van der Waals surface area contributed by atoms with Crippen LogP contribution in [0, 0.1) is 0 Å². The van der Waals surface area contributed by atoms with Gasteiger partial charge in [-0.2, -0.15) is 0 Å². The molecule has 9 aromatic rings. The zero-order chi connectivity index (χ0) is 35.3. The second kappa shape index (κ2) is 12.8. The molecule has 0 saturated carbocycles. The summed E-state index contributed by atoms with van der Waals surface area (Å²) in [6, 6.07) is 52.8. The molecule has 3 aromatic heterocycles. The van der Waals surface area contributed by atoms with Gasteiger partial charge < -0.3 is 9.13 Å². The molecule has 0 saturated heterocycles. The first-order valence-electron chi connectivity index (χ1n) is 18.5. The minimum atomic E-state index is 0.865. The molecule has 0 aliphatic heterocycles. The number of para-hydroxylation sites is 3. The summed E-state index contributed by atoms with van der Waals surface area (Å²) in [5.74, 6) is 0. The van der Waals surface area contributed by atoms with Crippen LogP contribution in [0.5, 0.6) is 0 Å². The van der Waals surface area contributed by atoms with Gasteiger partial charge in [-0.15, -0.1) is 0 Å². The Hall–Kier alpha value is -6.71. The Morgan fingerprint density at radius 3 is 2.17 bits per heavy atom. The highest BCUT2D eigenvalue weighted by Crippen LogP contribution is 2.43. The average Bonchev–Trinajstić information content (AvgIpc) is 3.74. The van der Waals surface area contributed by atoms with Gasteiger partial charge in [0.25, 0.3) is 0 Å². The molecule has 0 atom stereocenters. The highest BCUT2D eigenvalue weighted by Gasteiger charge is 2.22. The maximum atomic E-state index is 5.52. The number of benzene rings is 6. The molecule has 0 fully saturated rings. The molecule has 10 rings (SSSR count). The number of fused-ring (bicyclic) bond motifs is 8. The van der Waals surface area contributed by atoms with Crippen LogP contribution in [0.25, 0.3) is 82.6 Å². The van der Waals surface area contributed by atoms with Crippen LogP contribution in [0.3, 0.4) is 0 Å². The molecule has 0 radical (unpaired) electrons. The summed E-state index contributed by atoms with van der Waals surface area (Å²) in [5, 5.41) is 7.34. The van der Waals surface area contributed by atoms with E-state index < -0.39 is 0 Å². The van der Waals surface area contributed by atoms with E-state index in [-0.39, 0.29) is 0 Å². The summed E-state index contributed by atoms with van der Waals surface area (Å²) in [6.07, 6.45) is 15.1. The van der Waals surface area contributed by atoms with Crippen LogP contribution >= 0.6 is 0 Å². The summed E-state index contributed by atoms with van der Waals surface area (Å²) in [4.78, 5) is 5.52. The number of pyridine rings is 1. The van der Waals surface area contributed by atoms with Crippen molar-refractivity contribution < 1.29 is 0 Å². The van der Waals surface area contributed by atoms with Gasteiger partial charge in [0.15, 0.2) is 0 Å². The fourth-order valence-corrected chi connectivity index (χ4v) is 8.31. The van der Waals surface area contributed by atoms with Gasteiger partial charge in [-0.25, -0.2) is 4.98 Å². The van der Waals surface area contributed by atoms with E-state index in [0.717, 1.165) is 46.7 Å². The second-order valence-electron chi connectivity index (χ2n) is 13.8. The largest absolute Gasteiger partial charge is 0.309 e. The van der Waals surface area contributed by atoms with Crippen LogP contribution in [-0.2, 0) is 0 Å². The van der Waals surface area contributed by atoms with Crippen molar-refractivity contribution in [3.8, 4) is 22.6 Å². The summed E-state index contributed by atoms with van der Waals surface area (Å²) in [6.45, 7) is 2.19. The van der Waals surface area contributed by atoms with E-state index in [1.165, 1.54) is 60.0 Å². The third-order valence-electron chi connectivity index (χ3n) is 10.6. The summed E-state index contributed by atoms with van der Waals surface area (Å²) in [5.41, 5.74) is 12.5. The zero-order valence-electron chi connectivity index (χ0n) is 29.6. The molecule has 3 nitrogen and oxygen atoms in total. The SMILES string of the molecule is CC/C=C\C(=C1\C=CC=CC1)c1cc(-n2c3ccccc3c3ccc4c(c5ccccc5n4-c4ccccc4)c32)cc(-c2cccc3ccccc23)n1. The van der Waals surface area contributed by atoms with E-state index in [1.54, 1.807) is 0 Å². The molecule has 0 spiro atoms. The van der Waals surface area contributed by atoms with Crippen molar-refractivity contribution >= 4 is 60.0 Å². The lowest BCUT2D eigenvalue weighted by Gasteiger charge is -2.17. The smallest absolute Gasteiger partial charge is 0.0736 e. The lowest BCUT2D eigenvalue weighted by molar-refractivity contribution is 1.14. The van der Waals surface area contributed by atoms with E-state index in [9.17, 15) is 0 Å². The number of hydrogen-bond acceptors (Lipinski definition) is 1. The first kappa shape index (κ1) is 31.1. The number of aromatic nitrogens is 3. The molecular weight excluding hydrogens is 643 g/mol. The molecule has 0 bridgehead atoms. The molecule has 6 aromatic carbocycles. The van der Waals surface area contributed by atoms with Crippen molar-refractivity contribution in [3.63, 3.8) is 0 Å². The van der Waals surface area contributed by atoms with E-state index >= 15 is 0 Å². The Morgan fingerprint density at radius 2 is 1.36 bits per heavy atom. The lowest BCUT2D eigenvalue weighted by Crippen LogP contribution is -2.01. The Bertz CT molecular complexity index is 3000. The minimum absolute atomic E-state index is 0.865. The Kier molecular flexibility index (Phi) is 7.51. The third kappa shape index (κ3) is 5.08. The van der Waals surface area contributed by atoms with Crippen molar-refractivity contribution in [2.45, 2.75) is 19.8 Å². The minimum Gasteiger partial charge on any atom is -0.309 e. The number of rotatable bonds is 6. The van der Waals surface area contributed by atoms with Gasteiger partial charge in [-0.3, -0.25) is 0 Å². The van der Waals surface area contributed by atoms with Gasteiger partial charge in [-0.1, -0.05) is 147 Å². The molecule has 0 unspecified atom stereocenters. The van der Waals surface area contributed by atoms with E-state index in [1.807, 2.05) is 0 Å². The van der Waals surface area contributed by atoms with Gasteiger partial charge in [0.2, 0.25) is 0 Å². The topological polar surface area (TPSA) is 22.8 Å². The Balaban J connectivity index is 1.36. The third-order valence-corrected chi connectivity index (χ3v) is 10.6. The first-order chi connectivity index (χ1) is 26.3. The highest BCUT2D eigenvalue weighted by molar-refractivity contribution is 6.26. The van der Waals surface area contributed by atoms with Gasteiger partial charge in [0.1, 0.15) is 0 Å². The monoisotopic (exact) mass is 679 g/mol. The van der Waals surface area contributed by atoms with Crippen molar-refractivity contribution in [2.75, 3.05) is 0 Å². The van der Waals surface area contributed by atoms with Crippen molar-refractivity contribution in [3.05, 3.63) is 193 Å². The van der Waals surface area contributed by atoms with E-state index in [2.05, 4.69) is 198 Å². The average molecular weight is 680 g/mol. The van der Waals surface area contributed by atoms with Gasteiger partial charge in [0, 0.05) is 38.4 Å². The predicted octanol–water partition coefficient (Wildman–Crippen LogP) is 13.3. The first-order valence-corrected chi connectivity index (χ1v) is 18.5. The summed E-state index contributed by atoms with van der Waals surface area (Å²) in [7, 11) is 0. The molecule has 3 heterocycles. The lowest BCUT2D eigenvalue weighted by atomic mass is 9.96. The fourth-order valence-electron chi connectivity index (χ4n) is 8.31. The van der Waals surface area contributed by atoms with Crippen molar-refractivity contribution in [2.24, 2.45) is 0 Å². The number of hydrogen-bond donors (Lipinski definition) is 0. The Morgan fingerprint density at radius 1 is 0.623 bits per heavy atom. The van der Waals surface area contributed by atoms with E-state index in [0.29, 0.717) is 0 Å². The zero-order valence-corrected chi connectivity index (χ0v) is 29.6. The van der Waals surface area contributed by atoms with Gasteiger partial charge in [-0.05, 0) is 71.7 Å². The maximum absolute atomic E-state index is 5.52. The molecule has 3 heteroatoms. The van der Waals surface area contributed by atoms with Crippen molar-refractivity contribution in [1.29, 1.82) is 0 Å². The predicted molar refractivity (Wildman–Crippen MR) is 225 cm³/mol. The second-order valence-corrected chi connectivity index (χ2v) is 13.8. The highest BCUT2D eigenvalue weighted by atomic mass is 15.0. The van der Waals surface area contributed by atoms with Gasteiger partial charge in [0.05, 0.1) is 39.1 Å². The standard InChI is InChI=1S/C50H37N3/c1-2-3-23-39(35-17-6-4-7-18-35)44-32-37(33-45(51-44)40-27-16-20-34-19-10-11-24-38(34)40)53-46-28-14-12-25-41(46)42-30-31-48-49(50(42)53)43-26-13-15-29-47(43)52(48)36-21-8-5-9-22-36/h3-17,19-33H,2,18H2,1H3/b23-3-,39-35+. The molecule has 0 amide bonds. The fraction of sp³-hybridized carbons (Fsp3) is 0.0600. The molecule has 1 aliphatic rings. The summed E-state index contributed by atoms with van der Waals surface area (Å²) >= 11 is 0. The van der Waals surface area contributed by atoms with Crippen LogP contribution in [0.15, 0.2) is 188 Å². The molecule has 1 aliphatic carbocycles. The van der Waals surface area contributed by atoms with Crippen LogP contribution in [0.2, 0.25) is 0 Å². The van der Waals surface area contributed by atoms with Crippen LogP contribution in [0.1, 0.15) is 25.5 Å². The van der Waals surface area contributed by atoms with E-state index in [4.69, 9.17) is 4.98 Å². The van der Waals surface area contributed by atoms with Crippen molar-refractivity contribution in [1.82, 2.24) is 14.1 Å². The molecule has 0 N–H and O–H groups in total. The quantitative estimate of drug-likeness (QED) is 0.171. The molecule has 252 valence electrons. The Labute approximate surface area is 308 Å². The molecular formula is C50H37N3. The van der Waals surface area contributed by atoms with Crippen LogP contribution < -0.4 is 0 Å². The van der Waals surface area contributed by atoms with Crippen LogP contribution in [-0.4, -0.2) is 14.1 Å². The molecule has 53 heavy (non-hydrogen) atoms. The maximum Gasteiger partial charge on any atom is 0.0736 e. The normalized spacial score (nSPS) is 14.1. The number of allylic oxidation sites excluding steroid dienone is 8. The summed E-state index contributed by atoms with van der Waals surface area (Å²) < 4.78 is 4.91. The van der Waals surface area contributed by atoms with Crippen LogP contribution in [0.4, 0.5) is 0 Å². The number of nitrogens with zero attached hydrogens (tertiary/aromatic N) is 3. The van der Waals surface area contributed by atoms with Gasteiger partial charge >= 0.3 is 0 Å².